The van der Waals surface area contributed by atoms with E-state index in [-0.39, 0.29) is 24.9 Å². The number of hydrogen-bond donors (Lipinski definition) is 2. The van der Waals surface area contributed by atoms with Crippen LogP contribution >= 0.6 is 0 Å². The van der Waals surface area contributed by atoms with Crippen LogP contribution in [-0.2, 0) is 4.79 Å². The maximum Gasteiger partial charge on any atom is 0.317 e. The number of aliphatic carboxylic acids is 1. The second kappa shape index (κ2) is 7.57. The molecule has 90 valence electrons. The van der Waals surface area contributed by atoms with Gasteiger partial charge < -0.3 is 15.3 Å². The van der Waals surface area contributed by atoms with Crippen LogP contribution in [0.15, 0.2) is 0 Å². The summed E-state index contributed by atoms with van der Waals surface area (Å²) in [6, 6.07) is -0.236. The van der Waals surface area contributed by atoms with E-state index in [0.717, 1.165) is 0 Å². The zero-order chi connectivity index (χ0) is 12.6. The minimum absolute atomic E-state index is 0.122. The van der Waals surface area contributed by atoms with Crippen LogP contribution in [0.4, 0.5) is 4.79 Å². The Hall–Kier alpha value is -1.70. The van der Waals surface area contributed by atoms with Gasteiger partial charge in [-0.1, -0.05) is 12.8 Å². The number of urea groups is 1. The molecule has 0 aliphatic carbocycles. The lowest BCUT2D eigenvalue weighted by molar-refractivity contribution is -0.137. The van der Waals surface area contributed by atoms with Crippen molar-refractivity contribution in [3.63, 3.8) is 0 Å². The average molecular weight is 226 g/mol. The molecule has 0 aromatic carbocycles. The summed E-state index contributed by atoms with van der Waals surface area (Å²) in [4.78, 5) is 23.1. The van der Waals surface area contributed by atoms with Crippen molar-refractivity contribution in [2.75, 3.05) is 20.1 Å². The minimum atomic E-state index is -0.817. The van der Waals surface area contributed by atoms with Crippen molar-refractivity contribution in [3.05, 3.63) is 0 Å². The van der Waals surface area contributed by atoms with E-state index in [2.05, 4.69) is 11.2 Å². The van der Waals surface area contributed by atoms with Crippen molar-refractivity contribution in [1.29, 1.82) is 0 Å². The van der Waals surface area contributed by atoms with E-state index in [1.54, 1.807) is 7.05 Å². The molecular formula is C11H18N2O3. The number of nitrogens with zero attached hydrogens (tertiary/aromatic N) is 1. The lowest BCUT2D eigenvalue weighted by Gasteiger charge is -2.17. The van der Waals surface area contributed by atoms with E-state index in [9.17, 15) is 9.59 Å². The first-order valence-electron chi connectivity index (χ1n) is 5.11. The molecule has 0 aromatic rings. The topological polar surface area (TPSA) is 69.6 Å². The van der Waals surface area contributed by atoms with Crippen molar-refractivity contribution in [2.45, 2.75) is 19.8 Å². The third-order valence-electron chi connectivity index (χ3n) is 2.13. The Balaban J connectivity index is 3.75. The molecule has 0 heterocycles. The number of carboxylic acid groups (broad SMARTS) is 1. The summed E-state index contributed by atoms with van der Waals surface area (Å²) in [5, 5.41) is 11.2. The monoisotopic (exact) mass is 226 g/mol. The van der Waals surface area contributed by atoms with Crippen molar-refractivity contribution in [2.24, 2.45) is 5.92 Å². The van der Waals surface area contributed by atoms with E-state index in [1.807, 2.05) is 6.92 Å². The van der Waals surface area contributed by atoms with Gasteiger partial charge >= 0.3 is 12.0 Å². The Kier molecular flexibility index (Phi) is 6.77. The highest BCUT2D eigenvalue weighted by atomic mass is 16.4. The largest absolute Gasteiger partial charge is 0.481 e. The Morgan fingerprint density at radius 1 is 1.56 bits per heavy atom. The van der Waals surface area contributed by atoms with Gasteiger partial charge in [0, 0.05) is 20.0 Å². The molecule has 0 aromatic heterocycles. The fourth-order valence-electron chi connectivity index (χ4n) is 1.08. The van der Waals surface area contributed by atoms with Gasteiger partial charge in [-0.05, 0) is 12.3 Å². The number of terminal acetylenes is 1. The van der Waals surface area contributed by atoms with Crippen molar-refractivity contribution >= 4 is 12.0 Å². The van der Waals surface area contributed by atoms with Crippen LogP contribution in [0.3, 0.4) is 0 Å². The number of carbonyl (C=O) groups is 2. The zero-order valence-corrected chi connectivity index (χ0v) is 9.69. The quantitative estimate of drug-likeness (QED) is 0.657. The van der Waals surface area contributed by atoms with Crippen LogP contribution in [0.1, 0.15) is 19.8 Å². The van der Waals surface area contributed by atoms with Crippen molar-refractivity contribution in [1.82, 2.24) is 10.2 Å². The number of carbonyl (C=O) groups excluding carboxylic acids is 1. The summed E-state index contributed by atoms with van der Waals surface area (Å²) in [6.07, 6.45) is 5.74. The molecule has 0 rings (SSSR count). The van der Waals surface area contributed by atoms with E-state index >= 15 is 0 Å². The van der Waals surface area contributed by atoms with Gasteiger partial charge in [-0.15, -0.1) is 6.42 Å². The third kappa shape index (κ3) is 6.71. The van der Waals surface area contributed by atoms with Crippen LogP contribution in [-0.4, -0.2) is 42.1 Å². The number of hydrogen-bond acceptors (Lipinski definition) is 2. The second-order valence-electron chi connectivity index (χ2n) is 3.78. The highest BCUT2D eigenvalue weighted by Crippen LogP contribution is 2.03. The van der Waals surface area contributed by atoms with Crippen LogP contribution < -0.4 is 5.32 Å². The molecular weight excluding hydrogens is 208 g/mol. The maximum atomic E-state index is 11.4. The summed E-state index contributed by atoms with van der Waals surface area (Å²) < 4.78 is 0. The third-order valence-corrected chi connectivity index (χ3v) is 2.13. The van der Waals surface area contributed by atoms with E-state index in [1.165, 1.54) is 4.90 Å². The zero-order valence-electron chi connectivity index (χ0n) is 9.69. The van der Waals surface area contributed by atoms with Gasteiger partial charge in [0.15, 0.2) is 0 Å². The fourth-order valence-corrected chi connectivity index (χ4v) is 1.08. The molecule has 0 spiro atoms. The Bertz CT molecular complexity index is 283. The predicted octanol–water partition coefficient (Wildman–Crippen LogP) is 0.762. The summed E-state index contributed by atoms with van der Waals surface area (Å²) in [7, 11) is 1.61. The molecule has 16 heavy (non-hydrogen) atoms. The number of nitrogens with one attached hydrogen (secondary N) is 1. The van der Waals surface area contributed by atoms with Crippen LogP contribution in [0.25, 0.3) is 0 Å². The lowest BCUT2D eigenvalue weighted by atomic mass is 10.1. The molecule has 0 saturated heterocycles. The molecule has 0 aliphatic rings. The molecule has 5 nitrogen and oxygen atoms in total. The molecule has 2 N–H and O–H groups in total. The minimum Gasteiger partial charge on any atom is -0.481 e. The highest BCUT2D eigenvalue weighted by Gasteiger charge is 2.09. The first-order valence-corrected chi connectivity index (χ1v) is 5.11. The van der Waals surface area contributed by atoms with Gasteiger partial charge in [0.05, 0.1) is 6.54 Å². The first kappa shape index (κ1) is 14.3. The summed E-state index contributed by atoms with van der Waals surface area (Å²) >= 11 is 0. The smallest absolute Gasteiger partial charge is 0.317 e. The normalized spacial score (nSPS) is 11.3. The first-order chi connectivity index (χ1) is 7.47. The van der Waals surface area contributed by atoms with Gasteiger partial charge in [-0.2, -0.15) is 0 Å². The molecule has 0 fully saturated rings. The van der Waals surface area contributed by atoms with Gasteiger partial charge in [0.25, 0.3) is 0 Å². The molecule has 0 aliphatic heterocycles. The fraction of sp³-hybridized carbons (Fsp3) is 0.636. The van der Waals surface area contributed by atoms with Gasteiger partial charge in [0.2, 0.25) is 0 Å². The molecule has 0 radical (unpaired) electrons. The summed E-state index contributed by atoms with van der Waals surface area (Å²) in [5.74, 6) is 1.68. The van der Waals surface area contributed by atoms with Crippen LogP contribution in [0, 0.1) is 18.3 Å². The molecule has 5 heteroatoms. The molecule has 0 saturated carbocycles. The standard InChI is InChI=1S/C11H18N2O3/c1-4-7-13(3)11(16)12-8-9(2)5-6-10(14)15/h1,9H,5-8H2,2-3H3,(H,12,16)(H,14,15). The predicted molar refractivity (Wildman–Crippen MR) is 60.9 cm³/mol. The number of amides is 2. The Morgan fingerprint density at radius 3 is 2.69 bits per heavy atom. The number of rotatable bonds is 6. The van der Waals surface area contributed by atoms with Crippen LogP contribution in [0.2, 0.25) is 0 Å². The Morgan fingerprint density at radius 2 is 2.19 bits per heavy atom. The van der Waals surface area contributed by atoms with E-state index in [4.69, 9.17) is 11.5 Å². The highest BCUT2D eigenvalue weighted by molar-refractivity contribution is 5.74. The second-order valence-corrected chi connectivity index (χ2v) is 3.78. The van der Waals surface area contributed by atoms with E-state index < -0.39 is 5.97 Å². The molecule has 1 atom stereocenters. The molecule has 2 amide bonds. The van der Waals surface area contributed by atoms with Crippen LogP contribution in [0.5, 0.6) is 0 Å². The lowest BCUT2D eigenvalue weighted by Crippen LogP contribution is -2.39. The maximum absolute atomic E-state index is 11.4. The summed E-state index contributed by atoms with van der Waals surface area (Å²) in [6.45, 7) is 2.61. The van der Waals surface area contributed by atoms with Crippen molar-refractivity contribution < 1.29 is 14.7 Å². The number of carboxylic acids is 1. The summed E-state index contributed by atoms with van der Waals surface area (Å²) in [5.41, 5.74) is 0. The van der Waals surface area contributed by atoms with Gasteiger partial charge in [-0.3, -0.25) is 4.79 Å². The SMILES string of the molecule is C#CCN(C)C(=O)NCC(C)CCC(=O)O. The van der Waals surface area contributed by atoms with E-state index in [0.29, 0.717) is 13.0 Å². The molecule has 1 unspecified atom stereocenters. The van der Waals surface area contributed by atoms with Gasteiger partial charge in [-0.25, -0.2) is 4.79 Å². The van der Waals surface area contributed by atoms with Crippen molar-refractivity contribution in [3.8, 4) is 12.3 Å². The van der Waals surface area contributed by atoms with Gasteiger partial charge in [0.1, 0.15) is 0 Å². The molecule has 0 bridgehead atoms. The average Bonchev–Trinajstić information content (AvgIpc) is 2.23. The Labute approximate surface area is 95.8 Å².